The van der Waals surface area contributed by atoms with Crippen molar-refractivity contribution in [1.82, 2.24) is 0 Å². The van der Waals surface area contributed by atoms with Crippen LogP contribution in [-0.2, 0) is 14.3 Å². The van der Waals surface area contributed by atoms with Crippen molar-refractivity contribution in [3.8, 4) is 0 Å². The van der Waals surface area contributed by atoms with Crippen LogP contribution in [0.1, 0.15) is 118 Å². The molecule has 1 rings (SSSR count). The molecule has 1 aliphatic carbocycles. The Kier molecular flexibility index (Phi) is 20.8. The number of carbonyl (C=O) groups is 1. The van der Waals surface area contributed by atoms with Crippen molar-refractivity contribution in [2.75, 3.05) is 46.5 Å². The molecule has 0 heterocycles. The Hall–Kier alpha value is -0.610. The van der Waals surface area contributed by atoms with Gasteiger partial charge in [0.15, 0.2) is 0 Å². The summed E-state index contributed by atoms with van der Waals surface area (Å²) in [6.07, 6.45) is 18.3. The van der Waals surface area contributed by atoms with Crippen LogP contribution in [0.15, 0.2) is 0 Å². The molecule has 4 heteroatoms. The van der Waals surface area contributed by atoms with Crippen LogP contribution in [0.2, 0.25) is 0 Å². The fraction of sp³-hybridized carbons (Fsp3) is 0.963. The van der Waals surface area contributed by atoms with E-state index >= 15 is 0 Å². The smallest absolute Gasteiger partial charge is 0.305 e. The summed E-state index contributed by atoms with van der Waals surface area (Å²) in [5, 5.41) is 0. The minimum Gasteiger partial charge on any atom is -0.463 e. The first-order chi connectivity index (χ1) is 15.1. The Bertz CT molecular complexity index is 390. The van der Waals surface area contributed by atoms with Gasteiger partial charge >= 0.3 is 5.97 Å². The molecule has 0 saturated heterocycles. The molecule has 0 amide bonds. The summed E-state index contributed by atoms with van der Waals surface area (Å²) in [7, 11) is 2.25. The molecule has 0 aliphatic heterocycles. The largest absolute Gasteiger partial charge is 0.463 e. The van der Waals surface area contributed by atoms with Gasteiger partial charge in [-0.25, -0.2) is 0 Å². The minimum absolute atomic E-state index is 0.0664. The first-order valence-electron chi connectivity index (χ1n) is 13.7. The second-order valence-electron chi connectivity index (χ2n) is 9.33. The summed E-state index contributed by atoms with van der Waals surface area (Å²) >= 11 is 0. The lowest BCUT2D eigenvalue weighted by Gasteiger charge is -2.31. The van der Waals surface area contributed by atoms with Crippen molar-refractivity contribution >= 4 is 5.97 Å². The fourth-order valence-corrected chi connectivity index (χ4v) is 4.28. The van der Waals surface area contributed by atoms with E-state index in [4.69, 9.17) is 9.47 Å². The van der Waals surface area contributed by atoms with Crippen LogP contribution in [0.4, 0.5) is 0 Å². The van der Waals surface area contributed by atoms with E-state index in [1.54, 1.807) is 0 Å². The second kappa shape index (κ2) is 21.2. The van der Waals surface area contributed by atoms with Gasteiger partial charge in [-0.05, 0) is 26.2 Å². The van der Waals surface area contributed by atoms with Gasteiger partial charge in [-0.3, -0.25) is 4.79 Å². The van der Waals surface area contributed by atoms with Gasteiger partial charge in [-0.15, -0.1) is 0 Å². The van der Waals surface area contributed by atoms with Crippen LogP contribution in [0, 0.1) is 5.92 Å². The number of carbonyl (C=O) groups excluding carboxylic acids is 1. The first-order valence-corrected chi connectivity index (χ1v) is 13.7. The molecule has 0 aromatic heterocycles. The normalized spacial score (nSPS) is 14.4. The average molecular weight is 443 g/mol. The molecule has 1 fully saturated rings. The maximum atomic E-state index is 11.8. The summed E-state index contributed by atoms with van der Waals surface area (Å²) in [5.41, 5.74) is 0. The quantitative estimate of drug-likeness (QED) is 0.121. The van der Waals surface area contributed by atoms with Gasteiger partial charge < -0.3 is 14.0 Å². The van der Waals surface area contributed by atoms with E-state index in [0.29, 0.717) is 19.6 Å². The third-order valence-electron chi connectivity index (χ3n) is 7.01. The lowest BCUT2D eigenvalue weighted by atomic mass is 9.99. The first kappa shape index (κ1) is 30.4. The number of esters is 1. The standard InChI is InChI=1S/C25H50NO3.C2H6/c1-4-26(3,5-2)20-21-28-22-23-29-25(27)19-13-11-9-7-6-8-10-12-16-24-17-14-15-18-24;1-2/h24H,4-23H2,1-3H3;1-2H3/q+1;. The molecule has 0 N–H and O–H groups in total. The number of hydrogen-bond acceptors (Lipinski definition) is 3. The van der Waals surface area contributed by atoms with E-state index in [1.807, 2.05) is 13.8 Å². The van der Waals surface area contributed by atoms with Crippen molar-refractivity contribution in [2.24, 2.45) is 5.92 Å². The van der Waals surface area contributed by atoms with Gasteiger partial charge in [0.2, 0.25) is 0 Å². The Labute approximate surface area is 195 Å². The molecule has 186 valence electrons. The van der Waals surface area contributed by atoms with E-state index in [1.165, 1.54) is 70.6 Å². The molecule has 31 heavy (non-hydrogen) atoms. The molecule has 0 radical (unpaired) electrons. The van der Waals surface area contributed by atoms with Crippen LogP contribution < -0.4 is 0 Å². The zero-order chi connectivity index (χ0) is 23.2. The molecular formula is C27H56NO3+. The molecule has 0 unspecified atom stereocenters. The van der Waals surface area contributed by atoms with Crippen LogP contribution in [0.5, 0.6) is 0 Å². The van der Waals surface area contributed by atoms with Crippen LogP contribution in [0.3, 0.4) is 0 Å². The maximum Gasteiger partial charge on any atom is 0.305 e. The predicted molar refractivity (Wildman–Crippen MR) is 133 cm³/mol. The van der Waals surface area contributed by atoms with Crippen molar-refractivity contribution in [3.63, 3.8) is 0 Å². The highest BCUT2D eigenvalue weighted by Crippen LogP contribution is 2.29. The van der Waals surface area contributed by atoms with E-state index < -0.39 is 0 Å². The Morgan fingerprint density at radius 2 is 1.35 bits per heavy atom. The van der Waals surface area contributed by atoms with E-state index in [-0.39, 0.29) is 5.97 Å². The molecule has 0 bridgehead atoms. The lowest BCUT2D eigenvalue weighted by Crippen LogP contribution is -2.45. The number of unbranched alkanes of at least 4 members (excludes halogenated alkanes) is 7. The number of rotatable bonds is 19. The third-order valence-corrected chi connectivity index (χ3v) is 7.01. The molecule has 4 nitrogen and oxygen atoms in total. The number of hydrogen-bond donors (Lipinski definition) is 0. The minimum atomic E-state index is -0.0664. The van der Waals surface area contributed by atoms with Gasteiger partial charge in [0, 0.05) is 6.42 Å². The number of likely N-dealkylation sites (N-methyl/N-ethyl adjacent to an activating group) is 1. The second-order valence-corrected chi connectivity index (χ2v) is 9.33. The third kappa shape index (κ3) is 17.6. The molecular weight excluding hydrogens is 386 g/mol. The molecule has 0 atom stereocenters. The molecule has 0 spiro atoms. The molecule has 1 saturated carbocycles. The monoisotopic (exact) mass is 442 g/mol. The maximum absolute atomic E-state index is 11.8. The summed E-state index contributed by atoms with van der Waals surface area (Å²) in [4.78, 5) is 11.8. The Morgan fingerprint density at radius 1 is 0.806 bits per heavy atom. The molecule has 0 aromatic carbocycles. The van der Waals surface area contributed by atoms with Crippen molar-refractivity contribution in [3.05, 3.63) is 0 Å². The van der Waals surface area contributed by atoms with Gasteiger partial charge in [0.1, 0.15) is 13.2 Å². The molecule has 0 aromatic rings. The van der Waals surface area contributed by atoms with Gasteiger partial charge in [-0.1, -0.05) is 90.9 Å². The van der Waals surface area contributed by atoms with E-state index in [9.17, 15) is 4.79 Å². The van der Waals surface area contributed by atoms with Crippen LogP contribution in [-0.4, -0.2) is 57.0 Å². The average Bonchev–Trinajstić information content (AvgIpc) is 3.32. The Balaban J connectivity index is 0.00000436. The SMILES string of the molecule is CC.CC[N+](C)(CC)CCOCCOC(=O)CCCCCCCCCCC1CCCC1. The molecule has 1 aliphatic rings. The zero-order valence-corrected chi connectivity index (χ0v) is 21.9. The van der Waals surface area contributed by atoms with Gasteiger partial charge in [0.25, 0.3) is 0 Å². The predicted octanol–water partition coefficient (Wildman–Crippen LogP) is 7.15. The van der Waals surface area contributed by atoms with E-state index in [0.717, 1.165) is 49.5 Å². The highest BCUT2D eigenvalue weighted by molar-refractivity contribution is 5.69. The fourth-order valence-electron chi connectivity index (χ4n) is 4.28. The van der Waals surface area contributed by atoms with Crippen LogP contribution in [0.25, 0.3) is 0 Å². The van der Waals surface area contributed by atoms with Crippen LogP contribution >= 0.6 is 0 Å². The van der Waals surface area contributed by atoms with Gasteiger partial charge in [-0.2, -0.15) is 0 Å². The Morgan fingerprint density at radius 3 is 1.94 bits per heavy atom. The van der Waals surface area contributed by atoms with Crippen molar-refractivity contribution < 1.29 is 18.8 Å². The van der Waals surface area contributed by atoms with Gasteiger partial charge in [0.05, 0.1) is 33.4 Å². The van der Waals surface area contributed by atoms with E-state index in [2.05, 4.69) is 20.9 Å². The summed E-state index contributed by atoms with van der Waals surface area (Å²) < 4.78 is 11.9. The summed E-state index contributed by atoms with van der Waals surface area (Å²) in [6.45, 7) is 13.3. The lowest BCUT2D eigenvalue weighted by molar-refractivity contribution is -0.906. The van der Waals surface area contributed by atoms with Crippen molar-refractivity contribution in [2.45, 2.75) is 118 Å². The highest BCUT2D eigenvalue weighted by Gasteiger charge is 2.15. The zero-order valence-electron chi connectivity index (χ0n) is 21.9. The number of quaternary nitrogens is 1. The number of ether oxygens (including phenoxy) is 2. The number of nitrogens with zero attached hydrogens (tertiary/aromatic N) is 1. The summed E-state index contributed by atoms with van der Waals surface area (Å²) in [6, 6.07) is 0. The highest BCUT2D eigenvalue weighted by atomic mass is 16.6. The summed E-state index contributed by atoms with van der Waals surface area (Å²) in [5.74, 6) is 0.988. The topological polar surface area (TPSA) is 35.5 Å². The van der Waals surface area contributed by atoms with Crippen molar-refractivity contribution in [1.29, 1.82) is 0 Å².